The van der Waals surface area contributed by atoms with Crippen LogP contribution in [-0.2, 0) is 0 Å². The van der Waals surface area contributed by atoms with Crippen LogP contribution in [0.3, 0.4) is 0 Å². The zero-order chi connectivity index (χ0) is 11.5. The Balaban J connectivity index is 2.32. The molecule has 16 heavy (non-hydrogen) atoms. The van der Waals surface area contributed by atoms with E-state index >= 15 is 0 Å². The minimum atomic E-state index is 0.553. The first kappa shape index (κ1) is 11.4. The van der Waals surface area contributed by atoms with Crippen molar-refractivity contribution in [3.63, 3.8) is 0 Å². The highest BCUT2D eigenvalue weighted by Crippen LogP contribution is 2.34. The van der Waals surface area contributed by atoms with E-state index in [0.29, 0.717) is 6.04 Å². The average molecular weight is 219 g/mol. The number of hydrogen-bond acceptors (Lipinski definition) is 3. The zero-order valence-electron chi connectivity index (χ0n) is 10.5. The maximum Gasteiger partial charge on any atom is 0.133 e. The summed E-state index contributed by atoms with van der Waals surface area (Å²) in [7, 11) is 4.32. The summed E-state index contributed by atoms with van der Waals surface area (Å²) in [5.41, 5.74) is 1.38. The van der Waals surface area contributed by atoms with Gasteiger partial charge in [-0.3, -0.25) is 4.90 Å². The van der Waals surface area contributed by atoms with Crippen LogP contribution >= 0.6 is 0 Å². The fourth-order valence-corrected chi connectivity index (χ4v) is 2.44. The average Bonchev–Trinajstić information content (AvgIpc) is 2.74. The third kappa shape index (κ3) is 2.05. The summed E-state index contributed by atoms with van der Waals surface area (Å²) in [5.74, 6) is 1.14. The lowest BCUT2D eigenvalue weighted by Gasteiger charge is -2.25. The first-order valence-corrected chi connectivity index (χ1v) is 6.10. The molecule has 0 aromatic carbocycles. The van der Waals surface area contributed by atoms with Gasteiger partial charge in [0.05, 0.1) is 0 Å². The molecular weight excluding hydrogens is 198 g/mol. The SMILES string of the molecule is CCN(C)c1ncccc1[C@@H]1CCCN1C. The van der Waals surface area contributed by atoms with Gasteiger partial charge in [-0.2, -0.15) is 0 Å². The van der Waals surface area contributed by atoms with Crippen LogP contribution in [0.5, 0.6) is 0 Å². The Bertz CT molecular complexity index is 351. The van der Waals surface area contributed by atoms with Crippen LogP contribution in [0.1, 0.15) is 31.4 Å². The molecule has 1 saturated heterocycles. The Hall–Kier alpha value is -1.09. The molecule has 2 heterocycles. The van der Waals surface area contributed by atoms with Gasteiger partial charge in [0.15, 0.2) is 0 Å². The number of anilines is 1. The van der Waals surface area contributed by atoms with Crippen molar-refractivity contribution in [2.45, 2.75) is 25.8 Å². The van der Waals surface area contributed by atoms with Crippen molar-refractivity contribution in [1.82, 2.24) is 9.88 Å². The Labute approximate surface area is 98.1 Å². The second-order valence-corrected chi connectivity index (χ2v) is 4.57. The van der Waals surface area contributed by atoms with Gasteiger partial charge >= 0.3 is 0 Å². The van der Waals surface area contributed by atoms with Crippen molar-refractivity contribution in [2.24, 2.45) is 0 Å². The van der Waals surface area contributed by atoms with Crippen LogP contribution in [0, 0.1) is 0 Å². The predicted molar refractivity (Wildman–Crippen MR) is 67.8 cm³/mol. The van der Waals surface area contributed by atoms with E-state index in [-0.39, 0.29) is 0 Å². The van der Waals surface area contributed by atoms with Crippen LogP contribution in [-0.4, -0.2) is 37.1 Å². The Morgan fingerprint density at radius 1 is 1.56 bits per heavy atom. The third-order valence-corrected chi connectivity index (χ3v) is 3.53. The molecule has 88 valence electrons. The largest absolute Gasteiger partial charge is 0.360 e. The van der Waals surface area contributed by atoms with E-state index < -0.39 is 0 Å². The van der Waals surface area contributed by atoms with E-state index in [2.05, 4.69) is 47.9 Å². The predicted octanol–water partition coefficient (Wildman–Crippen LogP) is 2.30. The van der Waals surface area contributed by atoms with Crippen molar-refractivity contribution in [3.05, 3.63) is 23.9 Å². The maximum atomic E-state index is 4.53. The monoisotopic (exact) mass is 219 g/mol. The molecule has 1 fully saturated rings. The van der Waals surface area contributed by atoms with E-state index in [9.17, 15) is 0 Å². The van der Waals surface area contributed by atoms with Crippen molar-refractivity contribution < 1.29 is 0 Å². The molecule has 2 rings (SSSR count). The molecule has 0 amide bonds. The summed E-state index contributed by atoms with van der Waals surface area (Å²) >= 11 is 0. The fourth-order valence-electron chi connectivity index (χ4n) is 2.44. The van der Waals surface area contributed by atoms with E-state index in [1.807, 2.05) is 6.20 Å². The normalized spacial score (nSPS) is 21.3. The molecule has 1 atom stereocenters. The zero-order valence-corrected chi connectivity index (χ0v) is 10.5. The summed E-state index contributed by atoms with van der Waals surface area (Å²) in [6.07, 6.45) is 4.44. The molecule has 1 aromatic rings. The lowest BCUT2D eigenvalue weighted by Crippen LogP contribution is -2.23. The molecule has 1 aromatic heterocycles. The lowest BCUT2D eigenvalue weighted by atomic mass is 10.1. The molecule has 1 aliphatic rings. The van der Waals surface area contributed by atoms with Crippen LogP contribution in [0.25, 0.3) is 0 Å². The Morgan fingerprint density at radius 2 is 2.38 bits per heavy atom. The Kier molecular flexibility index (Phi) is 3.44. The summed E-state index contributed by atoms with van der Waals surface area (Å²) in [5, 5.41) is 0. The molecule has 0 bridgehead atoms. The fraction of sp³-hybridized carbons (Fsp3) is 0.615. The number of likely N-dealkylation sites (tertiary alicyclic amines) is 1. The quantitative estimate of drug-likeness (QED) is 0.777. The lowest BCUT2D eigenvalue weighted by molar-refractivity contribution is 0.317. The van der Waals surface area contributed by atoms with Crippen LogP contribution in [0.4, 0.5) is 5.82 Å². The summed E-state index contributed by atoms with van der Waals surface area (Å²) < 4.78 is 0. The van der Waals surface area contributed by atoms with Gasteiger partial charge < -0.3 is 4.90 Å². The van der Waals surface area contributed by atoms with Gasteiger partial charge in [-0.1, -0.05) is 6.07 Å². The second kappa shape index (κ2) is 4.83. The molecule has 0 aliphatic carbocycles. The Morgan fingerprint density at radius 3 is 3.00 bits per heavy atom. The van der Waals surface area contributed by atoms with Gasteiger partial charge in [-0.15, -0.1) is 0 Å². The first-order valence-electron chi connectivity index (χ1n) is 6.10. The molecule has 3 heteroatoms. The van der Waals surface area contributed by atoms with Crippen LogP contribution in [0.15, 0.2) is 18.3 Å². The molecule has 0 spiro atoms. The number of pyridine rings is 1. The van der Waals surface area contributed by atoms with Gasteiger partial charge in [0.2, 0.25) is 0 Å². The van der Waals surface area contributed by atoms with E-state index in [0.717, 1.165) is 12.4 Å². The standard InChI is InChI=1S/C13H21N3/c1-4-15(2)13-11(7-5-9-14-13)12-8-6-10-16(12)3/h5,7,9,12H,4,6,8,10H2,1-3H3/t12-/m0/s1. The van der Waals surface area contributed by atoms with E-state index in [4.69, 9.17) is 0 Å². The van der Waals surface area contributed by atoms with Crippen LogP contribution in [0.2, 0.25) is 0 Å². The minimum Gasteiger partial charge on any atom is -0.360 e. The highest BCUT2D eigenvalue weighted by molar-refractivity contribution is 5.47. The second-order valence-electron chi connectivity index (χ2n) is 4.57. The van der Waals surface area contributed by atoms with E-state index in [1.165, 1.54) is 24.9 Å². The van der Waals surface area contributed by atoms with Gasteiger partial charge in [-0.05, 0) is 39.4 Å². The maximum absolute atomic E-state index is 4.53. The van der Waals surface area contributed by atoms with Crippen molar-refractivity contribution >= 4 is 5.82 Å². The first-order chi connectivity index (χ1) is 7.74. The number of hydrogen-bond donors (Lipinski definition) is 0. The van der Waals surface area contributed by atoms with Crippen molar-refractivity contribution in [1.29, 1.82) is 0 Å². The molecule has 0 radical (unpaired) electrons. The minimum absolute atomic E-state index is 0.553. The van der Waals surface area contributed by atoms with Gasteiger partial charge in [0.25, 0.3) is 0 Å². The van der Waals surface area contributed by atoms with Gasteiger partial charge in [-0.25, -0.2) is 4.98 Å². The summed E-state index contributed by atoms with van der Waals surface area (Å²) in [6.45, 7) is 4.37. The molecule has 0 unspecified atom stereocenters. The topological polar surface area (TPSA) is 19.4 Å². The van der Waals surface area contributed by atoms with Gasteiger partial charge in [0.1, 0.15) is 5.82 Å². The number of rotatable bonds is 3. The molecule has 1 aliphatic heterocycles. The molecular formula is C13H21N3. The third-order valence-electron chi connectivity index (χ3n) is 3.53. The molecule has 0 saturated carbocycles. The highest BCUT2D eigenvalue weighted by atomic mass is 15.2. The smallest absolute Gasteiger partial charge is 0.133 e. The molecule has 0 N–H and O–H groups in total. The highest BCUT2D eigenvalue weighted by Gasteiger charge is 2.25. The van der Waals surface area contributed by atoms with E-state index in [1.54, 1.807) is 0 Å². The number of aromatic nitrogens is 1. The van der Waals surface area contributed by atoms with Crippen LogP contribution < -0.4 is 4.90 Å². The summed E-state index contributed by atoms with van der Waals surface area (Å²) in [4.78, 5) is 9.19. The summed E-state index contributed by atoms with van der Waals surface area (Å²) in [6, 6.07) is 4.83. The van der Waals surface area contributed by atoms with Crippen molar-refractivity contribution in [2.75, 3.05) is 32.1 Å². The number of nitrogens with zero attached hydrogens (tertiary/aromatic N) is 3. The van der Waals surface area contributed by atoms with Gasteiger partial charge in [0, 0.05) is 31.4 Å². The molecule has 3 nitrogen and oxygen atoms in total. The van der Waals surface area contributed by atoms with Crippen molar-refractivity contribution in [3.8, 4) is 0 Å².